The van der Waals surface area contributed by atoms with Gasteiger partial charge in [0.2, 0.25) is 0 Å². The standard InChI is InChI=1S/C24H31Cl2N5O2/c1-16(20-7-6-19(25)10-21(20)26)28-22-11-27-12-23(29-22)31-14-18(15-31)17-4-2-8-30(13-17)9-3-5-24(32)33/h6-7,10-12,16-18H,2-5,8-9,13-15H2,1H3,(H,28,29)(H,32,33)/t16-,17+/m1/s1. The molecule has 2 fully saturated rings. The van der Waals surface area contributed by atoms with Crippen molar-refractivity contribution in [2.75, 3.05) is 42.9 Å². The summed E-state index contributed by atoms with van der Waals surface area (Å²) in [5, 5.41) is 13.5. The SMILES string of the molecule is C[C@@H](Nc1cncc(N2CC([C@H]3CCCN(CCCC(=O)O)C3)C2)n1)c1ccc(Cl)cc1Cl. The number of nitrogens with one attached hydrogen (secondary N) is 1. The van der Waals surface area contributed by atoms with Gasteiger partial charge in [-0.3, -0.25) is 9.78 Å². The van der Waals surface area contributed by atoms with E-state index in [2.05, 4.69) is 20.1 Å². The van der Waals surface area contributed by atoms with Crippen molar-refractivity contribution >= 4 is 40.8 Å². The molecule has 178 valence electrons. The number of hydrogen-bond acceptors (Lipinski definition) is 6. The van der Waals surface area contributed by atoms with Crippen molar-refractivity contribution in [1.82, 2.24) is 14.9 Å². The number of rotatable bonds is 9. The number of aliphatic carboxylic acids is 1. The third-order valence-electron chi connectivity index (χ3n) is 6.72. The van der Waals surface area contributed by atoms with E-state index in [1.54, 1.807) is 12.3 Å². The second-order valence-corrected chi connectivity index (χ2v) is 10.0. The predicted octanol–water partition coefficient (Wildman–Crippen LogP) is 4.97. The van der Waals surface area contributed by atoms with Gasteiger partial charge in [-0.25, -0.2) is 4.98 Å². The number of nitrogens with zero attached hydrogens (tertiary/aromatic N) is 4. The van der Waals surface area contributed by atoms with E-state index in [1.807, 2.05) is 25.3 Å². The predicted molar refractivity (Wildman–Crippen MR) is 132 cm³/mol. The van der Waals surface area contributed by atoms with E-state index in [0.29, 0.717) is 21.9 Å². The molecule has 7 nitrogen and oxygen atoms in total. The van der Waals surface area contributed by atoms with Crippen molar-refractivity contribution < 1.29 is 9.90 Å². The van der Waals surface area contributed by atoms with Crippen LogP contribution in [0.5, 0.6) is 0 Å². The third-order valence-corrected chi connectivity index (χ3v) is 7.29. The van der Waals surface area contributed by atoms with E-state index in [1.165, 1.54) is 12.8 Å². The molecule has 2 atom stereocenters. The lowest BCUT2D eigenvalue weighted by Crippen LogP contribution is -2.54. The highest BCUT2D eigenvalue weighted by atomic mass is 35.5. The Hall–Kier alpha value is -2.09. The van der Waals surface area contributed by atoms with Gasteiger partial charge in [0.25, 0.3) is 0 Å². The maximum atomic E-state index is 10.8. The topological polar surface area (TPSA) is 81.6 Å². The first-order valence-electron chi connectivity index (χ1n) is 11.6. The van der Waals surface area contributed by atoms with Gasteiger partial charge in [0, 0.05) is 36.1 Å². The molecule has 2 aliphatic rings. The van der Waals surface area contributed by atoms with Crippen LogP contribution in [0.2, 0.25) is 10.0 Å². The highest BCUT2D eigenvalue weighted by molar-refractivity contribution is 6.35. The Labute approximate surface area is 205 Å². The molecule has 1 aromatic heterocycles. The van der Waals surface area contributed by atoms with Gasteiger partial charge in [0.15, 0.2) is 0 Å². The smallest absolute Gasteiger partial charge is 0.303 e. The summed E-state index contributed by atoms with van der Waals surface area (Å²) in [4.78, 5) is 24.7. The number of likely N-dealkylation sites (tertiary alicyclic amines) is 1. The first kappa shape index (κ1) is 24.0. The summed E-state index contributed by atoms with van der Waals surface area (Å²) in [5.74, 6) is 2.22. The molecule has 2 N–H and O–H groups in total. The van der Waals surface area contributed by atoms with Crippen molar-refractivity contribution in [1.29, 1.82) is 0 Å². The normalized spacial score (nSPS) is 20.3. The molecule has 0 unspecified atom stereocenters. The van der Waals surface area contributed by atoms with Crippen molar-refractivity contribution in [2.45, 2.75) is 38.6 Å². The monoisotopic (exact) mass is 491 g/mol. The molecule has 2 aliphatic heterocycles. The first-order chi connectivity index (χ1) is 15.9. The lowest BCUT2D eigenvalue weighted by molar-refractivity contribution is -0.137. The molecule has 33 heavy (non-hydrogen) atoms. The van der Waals surface area contributed by atoms with Gasteiger partial charge in [-0.1, -0.05) is 29.3 Å². The lowest BCUT2D eigenvalue weighted by Gasteiger charge is -2.47. The molecule has 1 aromatic carbocycles. The summed E-state index contributed by atoms with van der Waals surface area (Å²) in [7, 11) is 0. The average molecular weight is 492 g/mol. The van der Waals surface area contributed by atoms with Crippen LogP contribution in [0.1, 0.15) is 44.2 Å². The minimum atomic E-state index is -0.707. The second kappa shape index (κ2) is 10.9. The van der Waals surface area contributed by atoms with E-state index < -0.39 is 5.97 Å². The molecule has 0 saturated carbocycles. The Kier molecular flexibility index (Phi) is 7.94. The van der Waals surface area contributed by atoms with Crippen LogP contribution in [-0.4, -0.2) is 58.7 Å². The van der Waals surface area contributed by atoms with Crippen LogP contribution in [0.15, 0.2) is 30.6 Å². The van der Waals surface area contributed by atoms with Crippen LogP contribution < -0.4 is 10.2 Å². The fourth-order valence-corrected chi connectivity index (χ4v) is 5.43. The molecule has 0 aliphatic carbocycles. The number of aromatic nitrogens is 2. The largest absolute Gasteiger partial charge is 0.481 e. The molecule has 2 aromatic rings. The molecule has 0 radical (unpaired) electrons. The Morgan fingerprint density at radius 2 is 2.06 bits per heavy atom. The number of piperidine rings is 1. The molecule has 0 spiro atoms. The number of halogens is 2. The minimum absolute atomic E-state index is 0.0298. The summed E-state index contributed by atoms with van der Waals surface area (Å²) in [6, 6.07) is 5.48. The maximum Gasteiger partial charge on any atom is 0.303 e. The van der Waals surface area contributed by atoms with Gasteiger partial charge in [0.1, 0.15) is 11.6 Å². The van der Waals surface area contributed by atoms with E-state index >= 15 is 0 Å². The molecule has 9 heteroatoms. The Morgan fingerprint density at radius 1 is 1.24 bits per heavy atom. The highest BCUT2D eigenvalue weighted by Crippen LogP contribution is 2.34. The van der Waals surface area contributed by atoms with E-state index in [-0.39, 0.29) is 12.5 Å². The van der Waals surface area contributed by atoms with Crippen LogP contribution in [0.3, 0.4) is 0 Å². The van der Waals surface area contributed by atoms with Gasteiger partial charge in [-0.15, -0.1) is 0 Å². The van der Waals surface area contributed by atoms with Crippen LogP contribution in [0.25, 0.3) is 0 Å². The van der Waals surface area contributed by atoms with E-state index in [9.17, 15) is 4.79 Å². The quantitative estimate of drug-likeness (QED) is 0.512. The fraction of sp³-hybridized carbons (Fsp3) is 0.542. The Balaban J connectivity index is 1.29. The van der Waals surface area contributed by atoms with Gasteiger partial charge in [0.05, 0.1) is 18.4 Å². The molecule has 4 rings (SSSR count). The molecule has 3 heterocycles. The van der Waals surface area contributed by atoms with Crippen molar-refractivity contribution in [3.8, 4) is 0 Å². The molecule has 0 bridgehead atoms. The molecular weight excluding hydrogens is 461 g/mol. The van der Waals surface area contributed by atoms with Gasteiger partial charge >= 0.3 is 5.97 Å². The number of benzene rings is 1. The summed E-state index contributed by atoms with van der Waals surface area (Å²) < 4.78 is 0. The van der Waals surface area contributed by atoms with Gasteiger partial charge < -0.3 is 20.2 Å². The van der Waals surface area contributed by atoms with Crippen LogP contribution in [0, 0.1) is 11.8 Å². The van der Waals surface area contributed by atoms with Crippen LogP contribution >= 0.6 is 23.2 Å². The second-order valence-electron chi connectivity index (χ2n) is 9.16. The zero-order valence-corrected chi connectivity index (χ0v) is 20.4. The third kappa shape index (κ3) is 6.28. The highest BCUT2D eigenvalue weighted by Gasteiger charge is 2.36. The summed E-state index contributed by atoms with van der Waals surface area (Å²) in [5.41, 5.74) is 0.961. The Morgan fingerprint density at radius 3 is 2.82 bits per heavy atom. The molecule has 2 saturated heterocycles. The number of carboxylic acids is 1. The number of carbonyl (C=O) groups is 1. The summed E-state index contributed by atoms with van der Waals surface area (Å²) in [6.45, 7) is 7.06. The zero-order valence-electron chi connectivity index (χ0n) is 18.9. The van der Waals surface area contributed by atoms with Gasteiger partial charge in [-0.05, 0) is 68.8 Å². The summed E-state index contributed by atoms with van der Waals surface area (Å²) >= 11 is 12.4. The first-order valence-corrected chi connectivity index (χ1v) is 12.4. The lowest BCUT2D eigenvalue weighted by atomic mass is 9.80. The number of anilines is 2. The van der Waals surface area contributed by atoms with Crippen molar-refractivity contribution in [2.24, 2.45) is 11.8 Å². The maximum absolute atomic E-state index is 10.8. The fourth-order valence-electron chi connectivity index (χ4n) is 4.86. The number of hydrogen-bond donors (Lipinski definition) is 2. The number of carboxylic acid groups (broad SMARTS) is 1. The van der Waals surface area contributed by atoms with Crippen LogP contribution in [-0.2, 0) is 4.79 Å². The Bertz CT molecular complexity index is 970. The molecular formula is C24H31Cl2N5O2. The van der Waals surface area contributed by atoms with Gasteiger partial charge in [-0.2, -0.15) is 0 Å². The average Bonchev–Trinajstić information content (AvgIpc) is 2.73. The molecule has 0 amide bonds. The van der Waals surface area contributed by atoms with Crippen LogP contribution in [0.4, 0.5) is 11.6 Å². The van der Waals surface area contributed by atoms with E-state index in [0.717, 1.165) is 56.3 Å². The minimum Gasteiger partial charge on any atom is -0.481 e. The van der Waals surface area contributed by atoms with E-state index in [4.69, 9.17) is 33.3 Å². The van der Waals surface area contributed by atoms with Crippen molar-refractivity contribution in [3.05, 3.63) is 46.2 Å². The van der Waals surface area contributed by atoms with Crippen molar-refractivity contribution in [3.63, 3.8) is 0 Å². The summed E-state index contributed by atoms with van der Waals surface area (Å²) in [6.07, 6.45) is 6.98. The zero-order chi connectivity index (χ0) is 23.4.